The number of aryl methyl sites for hydroxylation is 1. The van der Waals surface area contributed by atoms with Crippen molar-refractivity contribution >= 4 is 11.4 Å². The van der Waals surface area contributed by atoms with Crippen molar-refractivity contribution in [3.05, 3.63) is 74.3 Å². The molecule has 4 N–H and O–H groups in total. The lowest BCUT2D eigenvalue weighted by Crippen LogP contribution is -1.94. The average Bonchev–Trinajstić information content (AvgIpc) is 2.43. The molecule has 8 nitrogen and oxygen atoms in total. The molecule has 0 aliphatic heterocycles. The van der Waals surface area contributed by atoms with Crippen LogP contribution in [0.5, 0.6) is 5.75 Å². The summed E-state index contributed by atoms with van der Waals surface area (Å²) in [4.78, 5) is 19.1. The van der Waals surface area contributed by atoms with Crippen molar-refractivity contribution in [2.24, 2.45) is 0 Å². The van der Waals surface area contributed by atoms with Gasteiger partial charge < -0.3 is 11.3 Å². The summed E-state index contributed by atoms with van der Waals surface area (Å²) in [7, 11) is 0. The number of rotatable bonds is 2. The number of non-ortho nitro benzene ring substituents is 1. The molecule has 0 atom stereocenters. The minimum absolute atomic E-state index is 0. The third kappa shape index (κ3) is 5.25. The number of hydrogen-bond donors (Lipinski definition) is 2. The van der Waals surface area contributed by atoms with E-state index in [1.54, 1.807) is 0 Å². The first-order valence-electron chi connectivity index (χ1n) is 5.56. The van der Waals surface area contributed by atoms with Crippen LogP contribution in [0.4, 0.5) is 11.4 Å². The fourth-order valence-corrected chi connectivity index (χ4v) is 1.37. The maximum atomic E-state index is 10.4. The van der Waals surface area contributed by atoms with Gasteiger partial charge in [0.1, 0.15) is 0 Å². The lowest BCUT2D eigenvalue weighted by Gasteiger charge is -1.99. The van der Waals surface area contributed by atoms with E-state index >= 15 is 0 Å². The largest absolute Gasteiger partial charge is 0.502 e. The molecule has 0 aromatic heterocycles. The number of phenols is 1. The molecule has 0 amide bonds. The number of phenolic OH excluding ortho intramolecular Hbond substituents is 1. The van der Waals surface area contributed by atoms with Crippen molar-refractivity contribution in [2.75, 3.05) is 0 Å². The van der Waals surface area contributed by atoms with Crippen LogP contribution in [0.15, 0.2) is 48.5 Å². The highest BCUT2D eigenvalue weighted by molar-refractivity contribution is 5.57. The molecule has 0 unspecified atom stereocenters. The molecule has 2 aromatic rings. The van der Waals surface area contributed by atoms with Crippen LogP contribution in [0.1, 0.15) is 5.56 Å². The molecule has 2 rings (SSSR count). The first-order chi connectivity index (χ1) is 9.43. The van der Waals surface area contributed by atoms with Crippen LogP contribution in [0, 0.1) is 27.2 Å². The predicted octanol–water partition coefficient (Wildman–Crippen LogP) is 3.37. The second-order valence-corrected chi connectivity index (χ2v) is 3.80. The zero-order chi connectivity index (χ0) is 15.1. The van der Waals surface area contributed by atoms with E-state index in [0.29, 0.717) is 0 Å². The minimum Gasteiger partial charge on any atom is -0.502 e. The zero-order valence-electron chi connectivity index (χ0n) is 11.3. The molecule has 0 aliphatic carbocycles. The Bertz CT molecular complexity index is 590. The third-order valence-corrected chi connectivity index (χ3v) is 2.34. The Morgan fingerprint density at radius 3 is 1.67 bits per heavy atom. The zero-order valence-corrected chi connectivity index (χ0v) is 11.3. The third-order valence-electron chi connectivity index (χ3n) is 2.34. The molecule has 8 heteroatoms. The second kappa shape index (κ2) is 8.23. The van der Waals surface area contributed by atoms with Gasteiger partial charge in [0, 0.05) is 11.6 Å². The van der Waals surface area contributed by atoms with E-state index < -0.39 is 27.0 Å². The van der Waals surface area contributed by atoms with Gasteiger partial charge >= 0.3 is 5.69 Å². The fraction of sp³-hybridized carbons (Fsp3) is 0.0769. The predicted molar refractivity (Wildman–Crippen MR) is 77.6 cm³/mol. The average molecular weight is 293 g/mol. The summed E-state index contributed by atoms with van der Waals surface area (Å²) in [5.74, 6) is -0.541. The molecule has 0 aliphatic rings. The summed E-state index contributed by atoms with van der Waals surface area (Å²) in [6.07, 6.45) is 0. The van der Waals surface area contributed by atoms with Gasteiger partial charge in [-0.05, 0) is 6.92 Å². The lowest BCUT2D eigenvalue weighted by atomic mass is 10.1. The van der Waals surface area contributed by atoms with Crippen molar-refractivity contribution in [3.8, 4) is 5.75 Å². The van der Waals surface area contributed by atoms with E-state index in [4.69, 9.17) is 0 Å². The van der Waals surface area contributed by atoms with Crippen molar-refractivity contribution < 1.29 is 15.0 Å². The Hall–Kier alpha value is -3.00. The molecule has 21 heavy (non-hydrogen) atoms. The number of nitro benzene ring substituents is 2. The van der Waals surface area contributed by atoms with E-state index in [0.717, 1.165) is 12.1 Å². The van der Waals surface area contributed by atoms with Crippen molar-refractivity contribution in [2.45, 2.75) is 6.92 Å². The van der Waals surface area contributed by atoms with Gasteiger partial charge in [0.25, 0.3) is 5.69 Å². The molecule has 0 radical (unpaired) electrons. The molecular formula is C13H15N3O5. The van der Waals surface area contributed by atoms with Crippen molar-refractivity contribution in [1.29, 1.82) is 0 Å². The molecule has 0 fully saturated rings. The monoisotopic (exact) mass is 293 g/mol. The van der Waals surface area contributed by atoms with Crippen molar-refractivity contribution in [3.63, 3.8) is 0 Å². The van der Waals surface area contributed by atoms with Crippen LogP contribution < -0.4 is 6.15 Å². The molecule has 0 bridgehead atoms. The van der Waals surface area contributed by atoms with Gasteiger partial charge in [0.15, 0.2) is 5.75 Å². The number of aromatic hydroxyl groups is 1. The van der Waals surface area contributed by atoms with Crippen LogP contribution in [0.2, 0.25) is 0 Å². The highest BCUT2D eigenvalue weighted by Crippen LogP contribution is 2.33. The van der Waals surface area contributed by atoms with Gasteiger partial charge in [-0.2, -0.15) is 0 Å². The number of nitrogens with zero attached hydrogens (tertiary/aromatic N) is 2. The quantitative estimate of drug-likeness (QED) is 0.642. The van der Waals surface area contributed by atoms with Gasteiger partial charge in [-0.15, -0.1) is 0 Å². The number of benzene rings is 2. The van der Waals surface area contributed by atoms with E-state index in [-0.39, 0.29) is 11.7 Å². The SMILES string of the molecule is Cc1cc([N+](=O)[O-])cc([N+](=O)[O-])c1O.N.c1ccccc1. The van der Waals surface area contributed by atoms with E-state index in [2.05, 4.69) is 0 Å². The summed E-state index contributed by atoms with van der Waals surface area (Å²) < 4.78 is 0. The maximum Gasteiger partial charge on any atom is 0.317 e. The summed E-state index contributed by atoms with van der Waals surface area (Å²) in [6.45, 7) is 1.36. The Labute approximate surface area is 120 Å². The van der Waals surface area contributed by atoms with Crippen LogP contribution in [-0.2, 0) is 0 Å². The Morgan fingerprint density at radius 1 is 0.905 bits per heavy atom. The van der Waals surface area contributed by atoms with Crippen molar-refractivity contribution in [1.82, 2.24) is 6.15 Å². The Balaban J connectivity index is 0.000000480. The van der Waals surface area contributed by atoms with E-state index in [1.807, 2.05) is 36.4 Å². The van der Waals surface area contributed by atoms with E-state index in [9.17, 15) is 25.3 Å². The topological polar surface area (TPSA) is 142 Å². The highest BCUT2D eigenvalue weighted by atomic mass is 16.6. The molecule has 2 aromatic carbocycles. The first kappa shape index (κ1) is 18.0. The maximum absolute atomic E-state index is 10.4. The Kier molecular flexibility index (Phi) is 7.05. The molecule has 0 spiro atoms. The molecule has 0 heterocycles. The summed E-state index contributed by atoms with van der Waals surface area (Å²) >= 11 is 0. The number of nitro groups is 2. The van der Waals surface area contributed by atoms with E-state index in [1.165, 1.54) is 6.92 Å². The summed E-state index contributed by atoms with van der Waals surface area (Å²) in [6, 6.07) is 13.8. The summed E-state index contributed by atoms with van der Waals surface area (Å²) in [5.41, 5.74) is -0.963. The standard InChI is InChI=1S/C7H6N2O5.C6H6.H3N/c1-4-2-5(8(11)12)3-6(7(4)10)9(13)14;1-2-4-6-5-3-1;/h2-3,10H,1H3;1-6H;1H3. The van der Waals surface area contributed by atoms with Gasteiger partial charge in [-0.1, -0.05) is 36.4 Å². The van der Waals surface area contributed by atoms with Gasteiger partial charge in [-0.25, -0.2) is 0 Å². The van der Waals surface area contributed by atoms with Gasteiger partial charge in [0.2, 0.25) is 0 Å². The first-order valence-corrected chi connectivity index (χ1v) is 5.56. The van der Waals surface area contributed by atoms with Gasteiger partial charge in [0.05, 0.1) is 15.9 Å². The smallest absolute Gasteiger partial charge is 0.317 e. The highest BCUT2D eigenvalue weighted by Gasteiger charge is 2.21. The molecule has 0 saturated carbocycles. The van der Waals surface area contributed by atoms with Crippen LogP contribution in [-0.4, -0.2) is 15.0 Å². The van der Waals surface area contributed by atoms with Crippen LogP contribution >= 0.6 is 0 Å². The number of hydrogen-bond acceptors (Lipinski definition) is 6. The summed E-state index contributed by atoms with van der Waals surface area (Å²) in [5, 5.41) is 29.9. The second-order valence-electron chi connectivity index (χ2n) is 3.80. The minimum atomic E-state index is -0.866. The molecule has 0 saturated heterocycles. The van der Waals surface area contributed by atoms with Crippen LogP contribution in [0.25, 0.3) is 0 Å². The lowest BCUT2D eigenvalue weighted by molar-refractivity contribution is -0.394. The molecule has 112 valence electrons. The normalized spacial score (nSPS) is 8.81. The Morgan fingerprint density at radius 2 is 1.33 bits per heavy atom. The van der Waals surface area contributed by atoms with Crippen LogP contribution in [0.3, 0.4) is 0 Å². The molecular weight excluding hydrogens is 278 g/mol. The fourth-order valence-electron chi connectivity index (χ4n) is 1.37. The van der Waals surface area contributed by atoms with Gasteiger partial charge in [-0.3, -0.25) is 20.2 Å².